The van der Waals surface area contributed by atoms with Crippen molar-refractivity contribution in [2.24, 2.45) is 5.73 Å². The third kappa shape index (κ3) is 2.60. The maximum atomic E-state index is 6.29. The zero-order valence-corrected chi connectivity index (χ0v) is 12.8. The molecule has 0 saturated heterocycles. The topological polar surface area (TPSA) is 48.4 Å². The minimum absolute atomic E-state index is 0.441. The molecule has 3 nitrogen and oxygen atoms in total. The number of benzene rings is 2. The molecule has 0 bridgehead atoms. The Kier molecular flexibility index (Phi) is 3.81. The van der Waals surface area contributed by atoms with Gasteiger partial charge in [0.05, 0.1) is 18.2 Å². The molecular formula is C16H13Cl2NO2. The summed E-state index contributed by atoms with van der Waals surface area (Å²) in [6, 6.07) is 12.4. The van der Waals surface area contributed by atoms with E-state index in [9.17, 15) is 0 Å². The van der Waals surface area contributed by atoms with Gasteiger partial charge in [0.2, 0.25) is 0 Å². The van der Waals surface area contributed by atoms with E-state index in [1.54, 1.807) is 19.2 Å². The van der Waals surface area contributed by atoms with Gasteiger partial charge in [-0.15, -0.1) is 0 Å². The number of hydrogen-bond acceptors (Lipinski definition) is 3. The molecule has 1 aromatic heterocycles. The summed E-state index contributed by atoms with van der Waals surface area (Å²) in [5.74, 6) is 1.33. The van der Waals surface area contributed by atoms with E-state index in [2.05, 4.69) is 0 Å². The van der Waals surface area contributed by atoms with Gasteiger partial charge in [0, 0.05) is 16.0 Å². The number of ether oxygens (including phenoxy) is 1. The summed E-state index contributed by atoms with van der Waals surface area (Å²) in [4.78, 5) is 0. The fourth-order valence-corrected chi connectivity index (χ4v) is 2.87. The molecule has 2 N–H and O–H groups in total. The number of hydrogen-bond donors (Lipinski definition) is 1. The van der Waals surface area contributed by atoms with Gasteiger partial charge < -0.3 is 14.9 Å². The van der Waals surface area contributed by atoms with Crippen molar-refractivity contribution in [2.45, 2.75) is 6.04 Å². The number of fused-ring (bicyclic) bond motifs is 1. The molecule has 0 aliphatic carbocycles. The summed E-state index contributed by atoms with van der Waals surface area (Å²) in [6.07, 6.45) is 0. The molecule has 108 valence electrons. The van der Waals surface area contributed by atoms with E-state index in [1.165, 1.54) is 0 Å². The van der Waals surface area contributed by atoms with Crippen molar-refractivity contribution in [3.05, 3.63) is 63.8 Å². The van der Waals surface area contributed by atoms with E-state index in [0.717, 1.165) is 16.7 Å². The molecule has 1 unspecified atom stereocenters. The van der Waals surface area contributed by atoms with Crippen LogP contribution in [0.3, 0.4) is 0 Å². The van der Waals surface area contributed by atoms with Crippen molar-refractivity contribution in [3.8, 4) is 5.75 Å². The quantitative estimate of drug-likeness (QED) is 0.754. The maximum absolute atomic E-state index is 6.29. The average molecular weight is 322 g/mol. The van der Waals surface area contributed by atoms with Crippen molar-refractivity contribution in [3.63, 3.8) is 0 Å². The number of furan rings is 1. The fourth-order valence-electron chi connectivity index (χ4n) is 2.33. The highest BCUT2D eigenvalue weighted by Crippen LogP contribution is 2.35. The monoisotopic (exact) mass is 321 g/mol. The fraction of sp³-hybridized carbons (Fsp3) is 0.125. The van der Waals surface area contributed by atoms with Crippen LogP contribution in [0.15, 0.2) is 46.9 Å². The second-order valence-electron chi connectivity index (χ2n) is 4.67. The van der Waals surface area contributed by atoms with E-state index < -0.39 is 6.04 Å². The summed E-state index contributed by atoms with van der Waals surface area (Å²) in [5.41, 5.74) is 7.73. The lowest BCUT2D eigenvalue weighted by Gasteiger charge is -2.13. The van der Waals surface area contributed by atoms with E-state index in [-0.39, 0.29) is 0 Å². The SMILES string of the molecule is COc1ccccc1C(N)c1cc2cc(Cl)cc(Cl)c2o1. The van der Waals surface area contributed by atoms with Gasteiger partial charge in [-0.2, -0.15) is 0 Å². The van der Waals surface area contributed by atoms with E-state index in [0.29, 0.717) is 21.4 Å². The molecule has 0 saturated carbocycles. The molecule has 0 amide bonds. The molecule has 0 aliphatic heterocycles. The van der Waals surface area contributed by atoms with Crippen LogP contribution in [0.2, 0.25) is 10.0 Å². The van der Waals surface area contributed by atoms with E-state index in [4.69, 9.17) is 38.1 Å². The van der Waals surface area contributed by atoms with Gasteiger partial charge in [0.25, 0.3) is 0 Å². The Balaban J connectivity index is 2.09. The largest absolute Gasteiger partial charge is 0.496 e. The Hall–Kier alpha value is -1.68. The van der Waals surface area contributed by atoms with Crippen molar-refractivity contribution in [1.29, 1.82) is 0 Å². The first-order valence-electron chi connectivity index (χ1n) is 6.37. The first kappa shape index (κ1) is 14.3. The van der Waals surface area contributed by atoms with Crippen LogP contribution in [0.5, 0.6) is 5.75 Å². The molecular weight excluding hydrogens is 309 g/mol. The van der Waals surface area contributed by atoms with Gasteiger partial charge >= 0.3 is 0 Å². The lowest BCUT2D eigenvalue weighted by molar-refractivity contribution is 0.404. The van der Waals surface area contributed by atoms with Gasteiger partial charge in [-0.25, -0.2) is 0 Å². The van der Waals surface area contributed by atoms with Crippen LogP contribution < -0.4 is 10.5 Å². The smallest absolute Gasteiger partial charge is 0.153 e. The second-order valence-corrected chi connectivity index (χ2v) is 5.52. The minimum atomic E-state index is -0.441. The lowest BCUT2D eigenvalue weighted by atomic mass is 10.0. The number of para-hydroxylation sites is 1. The molecule has 5 heteroatoms. The first-order valence-corrected chi connectivity index (χ1v) is 7.12. The zero-order valence-electron chi connectivity index (χ0n) is 11.3. The van der Waals surface area contributed by atoms with Crippen molar-refractivity contribution in [1.82, 2.24) is 0 Å². The molecule has 0 radical (unpaired) electrons. The lowest BCUT2D eigenvalue weighted by Crippen LogP contribution is -2.12. The molecule has 2 aromatic carbocycles. The number of halogens is 2. The van der Waals surface area contributed by atoms with E-state index in [1.807, 2.05) is 30.3 Å². The van der Waals surface area contributed by atoms with Crippen LogP contribution in [0.4, 0.5) is 0 Å². The molecule has 1 heterocycles. The average Bonchev–Trinajstić information content (AvgIpc) is 2.90. The van der Waals surface area contributed by atoms with Gasteiger partial charge in [0.15, 0.2) is 5.58 Å². The molecule has 0 spiro atoms. The Morgan fingerprint density at radius 2 is 1.90 bits per heavy atom. The molecule has 21 heavy (non-hydrogen) atoms. The summed E-state index contributed by atoms with van der Waals surface area (Å²) >= 11 is 12.1. The second kappa shape index (κ2) is 5.60. The first-order chi connectivity index (χ1) is 10.1. The zero-order chi connectivity index (χ0) is 15.0. The molecule has 0 aliphatic rings. The summed E-state index contributed by atoms with van der Waals surface area (Å²) in [5, 5.41) is 1.86. The van der Waals surface area contributed by atoms with Crippen LogP contribution >= 0.6 is 23.2 Å². The van der Waals surface area contributed by atoms with Gasteiger partial charge in [-0.1, -0.05) is 41.4 Å². The van der Waals surface area contributed by atoms with Crippen LogP contribution in [0.1, 0.15) is 17.4 Å². The van der Waals surface area contributed by atoms with E-state index >= 15 is 0 Å². The molecule has 1 atom stereocenters. The van der Waals surface area contributed by atoms with Crippen molar-refractivity contribution < 1.29 is 9.15 Å². The molecule has 3 rings (SSSR count). The molecule has 3 aromatic rings. The highest BCUT2D eigenvalue weighted by molar-refractivity contribution is 6.38. The molecule has 0 fully saturated rings. The van der Waals surface area contributed by atoms with Crippen molar-refractivity contribution in [2.75, 3.05) is 7.11 Å². The van der Waals surface area contributed by atoms with Gasteiger partial charge in [-0.3, -0.25) is 0 Å². The summed E-state index contributed by atoms with van der Waals surface area (Å²) < 4.78 is 11.1. The normalized spacial score (nSPS) is 12.6. The Morgan fingerprint density at radius 3 is 2.67 bits per heavy atom. The summed E-state index contributed by atoms with van der Waals surface area (Å²) in [7, 11) is 1.61. The number of methoxy groups -OCH3 is 1. The van der Waals surface area contributed by atoms with Crippen molar-refractivity contribution >= 4 is 34.2 Å². The standard InChI is InChI=1S/C16H13Cl2NO2/c1-20-13-5-3-2-4-11(13)15(19)14-7-9-6-10(17)8-12(18)16(9)21-14/h2-8,15H,19H2,1H3. The number of nitrogens with two attached hydrogens (primary N) is 1. The highest BCUT2D eigenvalue weighted by atomic mass is 35.5. The van der Waals surface area contributed by atoms with Crippen LogP contribution in [0.25, 0.3) is 11.0 Å². The predicted octanol–water partition coefficient (Wildman–Crippen LogP) is 4.80. The Morgan fingerprint density at radius 1 is 1.14 bits per heavy atom. The Bertz CT molecular complexity index is 798. The number of rotatable bonds is 3. The maximum Gasteiger partial charge on any atom is 0.153 e. The third-order valence-electron chi connectivity index (χ3n) is 3.34. The highest BCUT2D eigenvalue weighted by Gasteiger charge is 2.19. The van der Waals surface area contributed by atoms with Gasteiger partial charge in [0.1, 0.15) is 11.5 Å². The van der Waals surface area contributed by atoms with Gasteiger partial charge in [-0.05, 0) is 24.3 Å². The minimum Gasteiger partial charge on any atom is -0.496 e. The Labute approximate surface area is 132 Å². The van der Waals surface area contributed by atoms with Crippen LogP contribution in [0, 0.1) is 0 Å². The predicted molar refractivity (Wildman–Crippen MR) is 85.3 cm³/mol. The third-order valence-corrected chi connectivity index (χ3v) is 3.83. The van der Waals surface area contributed by atoms with Crippen LogP contribution in [-0.4, -0.2) is 7.11 Å². The van der Waals surface area contributed by atoms with Crippen LogP contribution in [-0.2, 0) is 0 Å². The summed E-state index contributed by atoms with van der Waals surface area (Å²) in [6.45, 7) is 0.